The van der Waals surface area contributed by atoms with E-state index in [1.54, 1.807) is 0 Å². The van der Waals surface area contributed by atoms with Gasteiger partial charge in [-0.1, -0.05) is 0 Å². The van der Waals surface area contributed by atoms with Gasteiger partial charge in [0, 0.05) is 13.1 Å². The van der Waals surface area contributed by atoms with Crippen molar-refractivity contribution in [3.05, 3.63) is 0 Å². The van der Waals surface area contributed by atoms with Crippen LogP contribution in [0.1, 0.15) is 12.8 Å². The highest BCUT2D eigenvalue weighted by molar-refractivity contribution is 4.44. The quantitative estimate of drug-likeness (QED) is 0.408. The summed E-state index contributed by atoms with van der Waals surface area (Å²) in [6.07, 6.45) is 2.55. The van der Waals surface area contributed by atoms with Crippen LogP contribution in [0.3, 0.4) is 0 Å². The molecule has 0 aliphatic rings. The molecule has 88 valence electrons. The van der Waals surface area contributed by atoms with Gasteiger partial charge in [0.25, 0.3) is 0 Å². The third kappa shape index (κ3) is 22.6. The lowest BCUT2D eigenvalue weighted by Gasteiger charge is -1.97. The van der Waals surface area contributed by atoms with Crippen LogP contribution in [0.4, 0.5) is 0 Å². The maximum atomic E-state index is 3.10. The zero-order valence-corrected chi connectivity index (χ0v) is 10.2. The third-order valence-electron chi connectivity index (χ3n) is 1.73. The third-order valence-corrected chi connectivity index (χ3v) is 1.73. The lowest BCUT2D eigenvalue weighted by Crippen LogP contribution is -2.21. The Labute approximate surface area is 89.2 Å². The first-order valence-electron chi connectivity index (χ1n) is 5.41. The predicted octanol–water partition coefficient (Wildman–Crippen LogP) is -0.369. The summed E-state index contributed by atoms with van der Waals surface area (Å²) >= 11 is 0. The molecular formula is C10H28N4. The lowest BCUT2D eigenvalue weighted by molar-refractivity contribution is 0.644. The van der Waals surface area contributed by atoms with Crippen LogP contribution < -0.4 is 21.3 Å². The second-order valence-corrected chi connectivity index (χ2v) is 3.12. The van der Waals surface area contributed by atoms with Crippen LogP contribution in [0.15, 0.2) is 0 Å². The zero-order chi connectivity index (χ0) is 11.1. The maximum absolute atomic E-state index is 3.10. The molecule has 0 aliphatic carbocycles. The topological polar surface area (TPSA) is 48.1 Å². The molecule has 0 fully saturated rings. The minimum Gasteiger partial charge on any atom is -0.320 e. The molecule has 4 N–H and O–H groups in total. The van der Waals surface area contributed by atoms with E-state index in [0.29, 0.717) is 0 Å². The van der Waals surface area contributed by atoms with Crippen LogP contribution in [-0.2, 0) is 0 Å². The van der Waals surface area contributed by atoms with Crippen molar-refractivity contribution in [3.63, 3.8) is 0 Å². The maximum Gasteiger partial charge on any atom is 0.00736 e. The van der Waals surface area contributed by atoms with Gasteiger partial charge in [-0.25, -0.2) is 0 Å². The Morgan fingerprint density at radius 2 is 0.786 bits per heavy atom. The zero-order valence-electron chi connectivity index (χ0n) is 10.2. The lowest BCUT2D eigenvalue weighted by atomic mass is 10.3. The van der Waals surface area contributed by atoms with Crippen molar-refractivity contribution < 1.29 is 0 Å². The Balaban J connectivity index is 0. The fourth-order valence-corrected chi connectivity index (χ4v) is 0.854. The van der Waals surface area contributed by atoms with E-state index in [0.717, 1.165) is 26.2 Å². The number of hydrogen-bond acceptors (Lipinski definition) is 4. The molecule has 4 nitrogen and oxygen atoms in total. The van der Waals surface area contributed by atoms with Crippen molar-refractivity contribution in [1.29, 1.82) is 0 Å². The first-order valence-corrected chi connectivity index (χ1v) is 5.41. The van der Waals surface area contributed by atoms with Gasteiger partial charge in [-0.3, -0.25) is 0 Å². The molecule has 4 heteroatoms. The molecule has 0 aliphatic heterocycles. The van der Waals surface area contributed by atoms with Crippen molar-refractivity contribution in [2.24, 2.45) is 0 Å². The van der Waals surface area contributed by atoms with Crippen LogP contribution in [0.25, 0.3) is 0 Å². The number of nitrogens with one attached hydrogen (secondary N) is 4. The summed E-state index contributed by atoms with van der Waals surface area (Å²) in [4.78, 5) is 0. The molecule has 0 bridgehead atoms. The van der Waals surface area contributed by atoms with Gasteiger partial charge in [0.15, 0.2) is 0 Å². The highest BCUT2D eigenvalue weighted by Gasteiger charge is 1.81. The Morgan fingerprint density at radius 3 is 1.00 bits per heavy atom. The summed E-state index contributed by atoms with van der Waals surface area (Å²) in [5.41, 5.74) is 0. The van der Waals surface area contributed by atoms with E-state index >= 15 is 0 Å². The molecule has 0 unspecified atom stereocenters. The van der Waals surface area contributed by atoms with Crippen molar-refractivity contribution in [1.82, 2.24) is 21.3 Å². The summed E-state index contributed by atoms with van der Waals surface area (Å²) in [5.74, 6) is 0. The minimum atomic E-state index is 1.05. The van der Waals surface area contributed by atoms with Gasteiger partial charge in [-0.15, -0.1) is 0 Å². The van der Waals surface area contributed by atoms with Crippen molar-refractivity contribution in [3.8, 4) is 0 Å². The Hall–Kier alpha value is -0.160. The molecule has 0 aromatic heterocycles. The first kappa shape index (κ1) is 16.3. The minimum absolute atomic E-state index is 1.05. The van der Waals surface area contributed by atoms with Crippen molar-refractivity contribution in [2.45, 2.75) is 12.8 Å². The molecule has 0 amide bonds. The van der Waals surface area contributed by atoms with Gasteiger partial charge in [0.1, 0.15) is 0 Å². The van der Waals surface area contributed by atoms with E-state index in [4.69, 9.17) is 0 Å². The second kappa shape index (κ2) is 18.6. The molecule has 0 saturated carbocycles. The van der Waals surface area contributed by atoms with Gasteiger partial charge < -0.3 is 21.3 Å². The van der Waals surface area contributed by atoms with Crippen LogP contribution >= 0.6 is 0 Å². The first-order chi connectivity index (χ1) is 6.83. The number of unbranched alkanes of at least 4 members (excludes halogenated alkanes) is 1. The molecule has 14 heavy (non-hydrogen) atoms. The molecular weight excluding hydrogens is 176 g/mol. The average Bonchev–Trinajstić information content (AvgIpc) is 2.22. The summed E-state index contributed by atoms with van der Waals surface area (Å²) in [6.45, 7) is 4.39. The van der Waals surface area contributed by atoms with Crippen LogP contribution in [0.5, 0.6) is 0 Å². The SMILES string of the molecule is CNCCCCNC.CNCCNC. The molecule has 0 rings (SSSR count). The van der Waals surface area contributed by atoms with Gasteiger partial charge >= 0.3 is 0 Å². The largest absolute Gasteiger partial charge is 0.320 e. The van der Waals surface area contributed by atoms with E-state index in [2.05, 4.69) is 21.3 Å². The Kier molecular flexibility index (Phi) is 21.6. The molecule has 0 saturated heterocycles. The standard InChI is InChI=1S/C6H16N2.C4H12N2/c1-7-5-3-4-6-8-2;1-5-3-4-6-2/h7-8H,3-6H2,1-2H3;5-6H,3-4H2,1-2H3. The Morgan fingerprint density at radius 1 is 0.500 bits per heavy atom. The van der Waals surface area contributed by atoms with Gasteiger partial charge in [0.05, 0.1) is 0 Å². The van der Waals surface area contributed by atoms with Crippen molar-refractivity contribution in [2.75, 3.05) is 54.4 Å². The molecule has 0 aromatic rings. The van der Waals surface area contributed by atoms with E-state index in [9.17, 15) is 0 Å². The highest BCUT2D eigenvalue weighted by atomic mass is 14.9. The smallest absolute Gasteiger partial charge is 0.00736 e. The fraction of sp³-hybridized carbons (Fsp3) is 1.00. The fourth-order valence-electron chi connectivity index (χ4n) is 0.854. The molecule has 0 heterocycles. The van der Waals surface area contributed by atoms with E-state index in [-0.39, 0.29) is 0 Å². The number of rotatable bonds is 8. The number of hydrogen-bond donors (Lipinski definition) is 4. The average molecular weight is 204 g/mol. The normalized spacial score (nSPS) is 9.43. The highest BCUT2D eigenvalue weighted by Crippen LogP contribution is 1.81. The second-order valence-electron chi connectivity index (χ2n) is 3.12. The summed E-state index contributed by atoms with van der Waals surface area (Å²) in [6, 6.07) is 0. The molecule has 0 radical (unpaired) electrons. The predicted molar refractivity (Wildman–Crippen MR) is 64.9 cm³/mol. The Bertz CT molecular complexity index is 68.5. The summed E-state index contributed by atoms with van der Waals surface area (Å²) in [5, 5.41) is 12.2. The van der Waals surface area contributed by atoms with E-state index in [1.165, 1.54) is 12.8 Å². The van der Waals surface area contributed by atoms with E-state index in [1.807, 2.05) is 28.2 Å². The van der Waals surface area contributed by atoms with Gasteiger partial charge in [-0.05, 0) is 54.1 Å². The molecule has 0 aromatic carbocycles. The summed E-state index contributed by atoms with van der Waals surface area (Å²) < 4.78 is 0. The molecule has 0 spiro atoms. The summed E-state index contributed by atoms with van der Waals surface area (Å²) in [7, 11) is 7.85. The molecule has 0 atom stereocenters. The monoisotopic (exact) mass is 204 g/mol. The van der Waals surface area contributed by atoms with Crippen LogP contribution in [0.2, 0.25) is 0 Å². The van der Waals surface area contributed by atoms with E-state index < -0.39 is 0 Å². The van der Waals surface area contributed by atoms with Gasteiger partial charge in [0.2, 0.25) is 0 Å². The van der Waals surface area contributed by atoms with Crippen molar-refractivity contribution >= 4 is 0 Å². The number of likely N-dealkylation sites (N-methyl/N-ethyl adjacent to an activating group) is 2. The van der Waals surface area contributed by atoms with Crippen LogP contribution in [0, 0.1) is 0 Å². The van der Waals surface area contributed by atoms with Gasteiger partial charge in [-0.2, -0.15) is 0 Å². The van der Waals surface area contributed by atoms with Crippen LogP contribution in [-0.4, -0.2) is 54.4 Å².